The third-order valence-electron chi connectivity index (χ3n) is 4.82. The van der Waals surface area contributed by atoms with Crippen LogP contribution in [-0.2, 0) is 10.2 Å². The maximum absolute atomic E-state index is 12.2. The Balaban J connectivity index is 1.48. The summed E-state index contributed by atoms with van der Waals surface area (Å²) in [7, 11) is -4.06. The fourth-order valence-electron chi connectivity index (χ4n) is 3.38. The summed E-state index contributed by atoms with van der Waals surface area (Å²) in [5.74, 6) is 0.992. The number of aromatic amines is 1. The number of pyridine rings is 1. The number of hydrogen-bond acceptors (Lipinski definition) is 7. The van der Waals surface area contributed by atoms with Crippen LogP contribution in [0.1, 0.15) is 23.9 Å². The van der Waals surface area contributed by atoms with Crippen LogP contribution in [0.2, 0.25) is 0 Å². The Morgan fingerprint density at radius 1 is 1.41 bits per heavy atom. The first-order chi connectivity index (χ1) is 15.2. The molecule has 4 rings (SSSR count). The lowest BCUT2D eigenvalue weighted by atomic mass is 10.1. The number of ether oxygens (including phenoxy) is 1. The summed E-state index contributed by atoms with van der Waals surface area (Å²) in [6.07, 6.45) is 6.22. The Bertz CT molecular complexity index is 1170. The highest BCUT2D eigenvalue weighted by Gasteiger charge is 2.27. The van der Waals surface area contributed by atoms with E-state index in [1.54, 1.807) is 27.8 Å². The number of nitrogens with zero attached hydrogens (tertiary/aromatic N) is 5. The van der Waals surface area contributed by atoms with Crippen molar-refractivity contribution >= 4 is 21.8 Å². The average Bonchev–Trinajstić information content (AvgIpc) is 3.37. The SMILES string of the molecule is [2H]C([2H])([2H])NS(=O)(=O)N1CCC(Nc2nc3c(OCC)c(-c4cn[nH]c4)ccn3n2)CC1. The summed E-state index contributed by atoms with van der Waals surface area (Å²) in [4.78, 5) is 4.58. The molecule has 0 bridgehead atoms. The zero-order chi connectivity index (χ0) is 22.9. The molecule has 0 saturated carbocycles. The quantitative estimate of drug-likeness (QED) is 0.514. The third kappa shape index (κ3) is 3.91. The van der Waals surface area contributed by atoms with Crippen LogP contribution in [-0.4, -0.2) is 70.2 Å². The maximum Gasteiger partial charge on any atom is 0.279 e. The van der Waals surface area contributed by atoms with Crippen LogP contribution in [0.5, 0.6) is 5.75 Å². The Kier molecular flexibility index (Phi) is 4.43. The number of aromatic nitrogens is 5. The van der Waals surface area contributed by atoms with E-state index in [0.717, 1.165) is 15.4 Å². The van der Waals surface area contributed by atoms with E-state index in [1.807, 2.05) is 13.0 Å². The van der Waals surface area contributed by atoms with Crippen LogP contribution in [0.3, 0.4) is 0 Å². The van der Waals surface area contributed by atoms with Gasteiger partial charge in [-0.3, -0.25) is 5.10 Å². The highest BCUT2D eigenvalue weighted by molar-refractivity contribution is 7.87. The number of nitrogens with one attached hydrogen (secondary N) is 3. The van der Waals surface area contributed by atoms with E-state index in [2.05, 4.69) is 25.6 Å². The minimum Gasteiger partial charge on any atom is -0.489 e. The molecule has 0 aliphatic carbocycles. The number of fused-ring (bicyclic) bond motifs is 1. The van der Waals surface area contributed by atoms with E-state index in [9.17, 15) is 8.42 Å². The van der Waals surface area contributed by atoms with Crippen molar-refractivity contribution in [2.24, 2.45) is 0 Å². The molecule has 3 aromatic heterocycles. The van der Waals surface area contributed by atoms with Crippen molar-refractivity contribution in [1.82, 2.24) is 33.8 Å². The molecule has 1 fully saturated rings. The smallest absolute Gasteiger partial charge is 0.279 e. The van der Waals surface area contributed by atoms with Crippen LogP contribution in [0.15, 0.2) is 24.7 Å². The second-order valence-electron chi connectivity index (χ2n) is 6.61. The molecule has 12 heteroatoms. The molecule has 0 amide bonds. The van der Waals surface area contributed by atoms with Gasteiger partial charge >= 0.3 is 0 Å². The van der Waals surface area contributed by atoms with Gasteiger partial charge < -0.3 is 10.1 Å². The molecule has 3 N–H and O–H groups in total. The molecule has 0 aromatic carbocycles. The minimum atomic E-state index is -4.06. The van der Waals surface area contributed by atoms with Gasteiger partial charge in [0.15, 0.2) is 11.4 Å². The Hall–Kier alpha value is -2.70. The van der Waals surface area contributed by atoms with E-state index >= 15 is 0 Å². The third-order valence-corrected chi connectivity index (χ3v) is 6.12. The summed E-state index contributed by atoms with van der Waals surface area (Å²) < 4.78 is 56.1. The average molecular weight is 424 g/mol. The lowest BCUT2D eigenvalue weighted by molar-refractivity contribution is 0.326. The highest BCUT2D eigenvalue weighted by Crippen LogP contribution is 2.33. The second kappa shape index (κ2) is 7.97. The van der Waals surface area contributed by atoms with Gasteiger partial charge in [0.25, 0.3) is 10.2 Å². The summed E-state index contributed by atoms with van der Waals surface area (Å²) in [6.45, 7) is -0.0447. The summed E-state index contributed by atoms with van der Waals surface area (Å²) in [5.41, 5.74) is 2.26. The standard InChI is InChI=1S/C17H24N8O3S/c1-3-28-15-14(12-10-19-20-11-12)6-9-25-16(15)22-17(23-25)21-13-4-7-24(8-5-13)29(26,27)18-2/h6,9-11,13,18H,3-5,7-8H2,1-2H3,(H,19,20)(H,21,23)/i2D3. The maximum atomic E-state index is 12.2. The topological polar surface area (TPSA) is 130 Å². The summed E-state index contributed by atoms with van der Waals surface area (Å²) in [6, 6.07) is 1.82. The van der Waals surface area contributed by atoms with Gasteiger partial charge in [0.2, 0.25) is 5.95 Å². The summed E-state index contributed by atoms with van der Waals surface area (Å²) >= 11 is 0. The van der Waals surface area contributed by atoms with Gasteiger partial charge in [-0.1, -0.05) is 0 Å². The second-order valence-corrected chi connectivity index (χ2v) is 8.28. The van der Waals surface area contributed by atoms with E-state index in [4.69, 9.17) is 8.85 Å². The van der Waals surface area contributed by atoms with E-state index in [-0.39, 0.29) is 19.1 Å². The fourth-order valence-corrected chi connectivity index (χ4v) is 4.20. The van der Waals surface area contributed by atoms with Crippen molar-refractivity contribution in [3.05, 3.63) is 24.7 Å². The first kappa shape index (κ1) is 16.1. The van der Waals surface area contributed by atoms with Crippen LogP contribution in [0.25, 0.3) is 16.8 Å². The Morgan fingerprint density at radius 2 is 2.24 bits per heavy atom. The number of hydrogen-bond donors (Lipinski definition) is 3. The molecule has 0 unspecified atom stereocenters. The van der Waals surface area contributed by atoms with Gasteiger partial charge in [0, 0.05) is 53.7 Å². The molecular formula is C17H24N8O3S. The highest BCUT2D eigenvalue weighted by atomic mass is 32.2. The van der Waals surface area contributed by atoms with Gasteiger partial charge in [-0.15, -0.1) is 5.10 Å². The molecule has 156 valence electrons. The summed E-state index contributed by atoms with van der Waals surface area (Å²) in [5, 5.41) is 14.5. The van der Waals surface area contributed by atoms with Crippen molar-refractivity contribution in [2.75, 3.05) is 32.0 Å². The van der Waals surface area contributed by atoms with Crippen molar-refractivity contribution in [3.63, 3.8) is 0 Å². The largest absolute Gasteiger partial charge is 0.489 e. The predicted molar refractivity (Wildman–Crippen MR) is 108 cm³/mol. The monoisotopic (exact) mass is 423 g/mol. The molecule has 1 saturated heterocycles. The van der Waals surface area contributed by atoms with Gasteiger partial charge in [-0.2, -0.15) is 22.8 Å². The number of anilines is 1. The molecule has 29 heavy (non-hydrogen) atoms. The van der Waals surface area contributed by atoms with Gasteiger partial charge in [-0.25, -0.2) is 9.24 Å². The first-order valence-electron chi connectivity index (χ1n) is 10.7. The zero-order valence-corrected chi connectivity index (χ0v) is 16.6. The van der Waals surface area contributed by atoms with Gasteiger partial charge in [-0.05, 0) is 25.8 Å². The number of rotatable bonds is 7. The zero-order valence-electron chi connectivity index (χ0n) is 18.8. The van der Waals surface area contributed by atoms with Crippen molar-refractivity contribution in [2.45, 2.75) is 25.8 Å². The van der Waals surface area contributed by atoms with Crippen LogP contribution >= 0.6 is 0 Å². The molecule has 11 nitrogen and oxygen atoms in total. The van der Waals surface area contributed by atoms with Crippen LogP contribution in [0.4, 0.5) is 5.95 Å². The normalized spacial score (nSPS) is 18.3. The van der Waals surface area contributed by atoms with E-state index < -0.39 is 17.2 Å². The molecule has 1 aliphatic rings. The van der Waals surface area contributed by atoms with Crippen LogP contribution < -0.4 is 14.8 Å². The first-order valence-corrected chi connectivity index (χ1v) is 10.7. The Morgan fingerprint density at radius 3 is 2.93 bits per heavy atom. The predicted octanol–water partition coefficient (Wildman–Crippen LogP) is 0.859. The van der Waals surface area contributed by atoms with Gasteiger partial charge in [0.1, 0.15) is 0 Å². The molecule has 0 radical (unpaired) electrons. The van der Waals surface area contributed by atoms with Gasteiger partial charge in [0.05, 0.1) is 12.8 Å². The van der Waals surface area contributed by atoms with Crippen molar-refractivity contribution in [1.29, 1.82) is 0 Å². The van der Waals surface area contributed by atoms with E-state index in [0.29, 0.717) is 36.8 Å². The Labute approximate surface area is 172 Å². The molecule has 0 spiro atoms. The minimum absolute atomic E-state index is 0.0597. The van der Waals surface area contributed by atoms with Crippen LogP contribution in [0, 0.1) is 0 Å². The number of H-pyrrole nitrogens is 1. The van der Waals surface area contributed by atoms with Crippen molar-refractivity contribution in [3.8, 4) is 16.9 Å². The lowest BCUT2D eigenvalue weighted by Crippen LogP contribution is -2.46. The molecule has 1 aliphatic heterocycles. The molecular weight excluding hydrogens is 396 g/mol. The molecule has 3 aromatic rings. The lowest BCUT2D eigenvalue weighted by Gasteiger charge is -2.30. The number of piperidine rings is 1. The van der Waals surface area contributed by atoms with E-state index in [1.165, 1.54) is 0 Å². The fraction of sp³-hybridized carbons (Fsp3) is 0.471. The van der Waals surface area contributed by atoms with Crippen molar-refractivity contribution < 1.29 is 17.3 Å². The molecule has 0 atom stereocenters. The molecule has 4 heterocycles.